The third-order valence-corrected chi connectivity index (χ3v) is 3.44. The number of benzene rings is 1. The van der Waals surface area contributed by atoms with E-state index in [4.69, 9.17) is 10.5 Å². The Kier molecular flexibility index (Phi) is 3.93. The highest BCUT2D eigenvalue weighted by Gasteiger charge is 2.38. The van der Waals surface area contributed by atoms with Crippen molar-refractivity contribution in [2.45, 2.75) is 26.7 Å². The first-order chi connectivity index (χ1) is 10.3. The van der Waals surface area contributed by atoms with E-state index in [1.54, 1.807) is 18.2 Å². The molecular weight excluding hydrogens is 281 g/mol. The third kappa shape index (κ3) is 2.54. The largest absolute Gasteiger partial charge is 0.443 e. The van der Waals surface area contributed by atoms with Crippen molar-refractivity contribution in [1.29, 1.82) is 10.5 Å². The van der Waals surface area contributed by atoms with Crippen molar-refractivity contribution in [2.24, 2.45) is 11.1 Å². The topological polar surface area (TPSA) is 82.8 Å². The molecule has 1 aromatic rings. The number of rotatable bonds is 1. The van der Waals surface area contributed by atoms with E-state index in [0.29, 0.717) is 5.76 Å². The lowest BCUT2D eigenvalue weighted by atomic mass is 9.78. The Labute approximate surface area is 128 Å². The van der Waals surface area contributed by atoms with Crippen molar-refractivity contribution < 1.29 is 9.13 Å². The molecule has 1 aliphatic heterocycles. The van der Waals surface area contributed by atoms with Gasteiger partial charge in [0.05, 0.1) is 17.6 Å². The summed E-state index contributed by atoms with van der Waals surface area (Å²) in [5.41, 5.74) is 5.84. The van der Waals surface area contributed by atoms with Gasteiger partial charge in [0.25, 0.3) is 0 Å². The monoisotopic (exact) mass is 297 g/mol. The van der Waals surface area contributed by atoms with Gasteiger partial charge in [-0.05, 0) is 6.07 Å². The summed E-state index contributed by atoms with van der Waals surface area (Å²) in [4.78, 5) is 0. The Balaban J connectivity index is 2.77. The molecule has 2 N–H and O–H groups in total. The smallest absolute Gasteiger partial charge is 0.205 e. The lowest BCUT2D eigenvalue weighted by molar-refractivity contribution is 0.199. The molecule has 1 atom stereocenters. The first-order valence-electron chi connectivity index (χ1n) is 6.78. The molecule has 4 nitrogen and oxygen atoms in total. The summed E-state index contributed by atoms with van der Waals surface area (Å²) in [5.74, 6) is -1.06. The number of nitrogens with two attached hydrogens (primary N) is 1. The molecule has 0 bridgehead atoms. The molecule has 0 radical (unpaired) electrons. The molecular formula is C17H16FN3O. The highest BCUT2D eigenvalue weighted by Crippen LogP contribution is 2.44. The van der Waals surface area contributed by atoms with E-state index in [1.807, 2.05) is 26.8 Å². The van der Waals surface area contributed by atoms with Gasteiger partial charge in [0.1, 0.15) is 23.2 Å². The standard InChI is InChI=1S/C17H16FN3O/c1-17(2,3)15-11(8-19)14(12(9-20)16(21)22-15)10-6-4-5-7-13(10)18/h4-7,14H,21H2,1-3H3/t14-/m0/s1. The number of nitrogens with zero attached hydrogens (tertiary/aromatic N) is 2. The maximum Gasteiger partial charge on any atom is 0.205 e. The molecule has 1 heterocycles. The zero-order valence-corrected chi connectivity index (χ0v) is 12.6. The van der Waals surface area contributed by atoms with Crippen molar-refractivity contribution in [1.82, 2.24) is 0 Å². The minimum Gasteiger partial charge on any atom is -0.443 e. The second-order valence-corrected chi connectivity index (χ2v) is 6.05. The molecule has 1 aliphatic rings. The van der Waals surface area contributed by atoms with Crippen LogP contribution in [-0.4, -0.2) is 0 Å². The molecule has 22 heavy (non-hydrogen) atoms. The molecule has 0 aliphatic carbocycles. The average Bonchev–Trinajstić information content (AvgIpc) is 2.45. The number of hydrogen-bond donors (Lipinski definition) is 1. The Morgan fingerprint density at radius 1 is 1.14 bits per heavy atom. The van der Waals surface area contributed by atoms with Crippen LogP contribution in [0.15, 0.2) is 47.1 Å². The van der Waals surface area contributed by atoms with Crippen LogP contribution in [0.5, 0.6) is 0 Å². The molecule has 0 spiro atoms. The average molecular weight is 297 g/mol. The summed E-state index contributed by atoms with van der Waals surface area (Å²) in [6.07, 6.45) is 0. The zero-order valence-electron chi connectivity index (χ0n) is 12.6. The summed E-state index contributed by atoms with van der Waals surface area (Å²) >= 11 is 0. The van der Waals surface area contributed by atoms with Crippen molar-refractivity contribution in [3.8, 4) is 12.1 Å². The van der Waals surface area contributed by atoms with Gasteiger partial charge in [0.15, 0.2) is 0 Å². The molecule has 0 fully saturated rings. The predicted octanol–water partition coefficient (Wildman–Crippen LogP) is 3.46. The van der Waals surface area contributed by atoms with Crippen molar-refractivity contribution >= 4 is 0 Å². The third-order valence-electron chi connectivity index (χ3n) is 3.44. The summed E-state index contributed by atoms with van der Waals surface area (Å²) in [6, 6.07) is 10.1. The SMILES string of the molecule is CC(C)(C)C1=C(C#N)[C@H](c2ccccc2F)C(C#N)=C(N)O1. The quantitative estimate of drug-likeness (QED) is 0.860. The number of ether oxygens (including phenoxy) is 1. The van der Waals surface area contributed by atoms with E-state index in [2.05, 4.69) is 6.07 Å². The van der Waals surface area contributed by atoms with Gasteiger partial charge >= 0.3 is 0 Å². The van der Waals surface area contributed by atoms with Crippen LogP contribution in [0.3, 0.4) is 0 Å². The van der Waals surface area contributed by atoms with Crippen LogP contribution in [0.4, 0.5) is 4.39 Å². The van der Waals surface area contributed by atoms with Crippen LogP contribution in [0, 0.1) is 33.9 Å². The van der Waals surface area contributed by atoms with Gasteiger partial charge in [-0.25, -0.2) is 4.39 Å². The fraction of sp³-hybridized carbons (Fsp3) is 0.294. The van der Waals surface area contributed by atoms with Crippen LogP contribution < -0.4 is 5.73 Å². The molecule has 0 saturated heterocycles. The summed E-state index contributed by atoms with van der Waals surface area (Å²) in [7, 11) is 0. The van der Waals surface area contributed by atoms with Crippen molar-refractivity contribution in [3.05, 3.63) is 58.4 Å². The lowest BCUT2D eigenvalue weighted by Crippen LogP contribution is -2.26. The number of nitriles is 2. The van der Waals surface area contributed by atoms with Crippen molar-refractivity contribution in [3.63, 3.8) is 0 Å². The second-order valence-electron chi connectivity index (χ2n) is 6.05. The molecule has 112 valence electrons. The normalized spacial score (nSPS) is 18.5. The van der Waals surface area contributed by atoms with Gasteiger partial charge in [-0.3, -0.25) is 0 Å². The molecule has 5 heteroatoms. The molecule has 0 unspecified atom stereocenters. The van der Waals surface area contributed by atoms with Gasteiger partial charge in [-0.1, -0.05) is 39.0 Å². The molecule has 0 aromatic heterocycles. The highest BCUT2D eigenvalue weighted by atomic mass is 19.1. The van der Waals surface area contributed by atoms with Crippen LogP contribution in [-0.2, 0) is 4.74 Å². The second kappa shape index (κ2) is 5.54. The fourth-order valence-electron chi connectivity index (χ4n) is 2.45. The first-order valence-corrected chi connectivity index (χ1v) is 6.78. The minimum absolute atomic E-state index is 0.0506. The maximum atomic E-state index is 14.2. The van der Waals surface area contributed by atoms with E-state index in [-0.39, 0.29) is 22.6 Å². The molecule has 0 saturated carbocycles. The molecule has 2 rings (SSSR count). The summed E-state index contributed by atoms with van der Waals surface area (Å²) in [5, 5.41) is 18.9. The van der Waals surface area contributed by atoms with Gasteiger partial charge in [-0.2, -0.15) is 10.5 Å². The summed E-state index contributed by atoms with van der Waals surface area (Å²) < 4.78 is 19.7. The maximum absolute atomic E-state index is 14.2. The van der Waals surface area contributed by atoms with E-state index in [9.17, 15) is 14.9 Å². The zero-order chi connectivity index (χ0) is 16.5. The summed E-state index contributed by atoms with van der Waals surface area (Å²) in [6.45, 7) is 5.59. The first kappa shape index (κ1) is 15.6. The van der Waals surface area contributed by atoms with Crippen LogP contribution in [0.1, 0.15) is 32.3 Å². The van der Waals surface area contributed by atoms with Crippen LogP contribution >= 0.6 is 0 Å². The Hall–Kier alpha value is -2.79. The Morgan fingerprint density at radius 3 is 2.23 bits per heavy atom. The van der Waals surface area contributed by atoms with Crippen LogP contribution in [0.2, 0.25) is 0 Å². The van der Waals surface area contributed by atoms with Crippen molar-refractivity contribution in [2.75, 3.05) is 0 Å². The number of allylic oxidation sites excluding steroid dienone is 3. The Morgan fingerprint density at radius 2 is 1.73 bits per heavy atom. The van der Waals surface area contributed by atoms with Gasteiger partial charge in [0, 0.05) is 11.0 Å². The van der Waals surface area contributed by atoms with E-state index < -0.39 is 17.2 Å². The van der Waals surface area contributed by atoms with Crippen LogP contribution in [0.25, 0.3) is 0 Å². The minimum atomic E-state index is -0.848. The van der Waals surface area contributed by atoms with E-state index >= 15 is 0 Å². The molecule has 1 aromatic carbocycles. The lowest BCUT2D eigenvalue weighted by Gasteiger charge is -2.32. The van der Waals surface area contributed by atoms with E-state index in [0.717, 1.165) is 0 Å². The number of halogens is 1. The van der Waals surface area contributed by atoms with E-state index in [1.165, 1.54) is 6.07 Å². The fourth-order valence-corrected chi connectivity index (χ4v) is 2.45. The van der Waals surface area contributed by atoms with Gasteiger partial charge in [0.2, 0.25) is 5.88 Å². The molecule has 0 amide bonds. The Bertz CT molecular complexity index is 757. The number of hydrogen-bond acceptors (Lipinski definition) is 4. The van der Waals surface area contributed by atoms with Gasteiger partial charge < -0.3 is 10.5 Å². The van der Waals surface area contributed by atoms with Gasteiger partial charge in [-0.15, -0.1) is 0 Å². The highest BCUT2D eigenvalue weighted by molar-refractivity contribution is 5.54. The predicted molar refractivity (Wildman–Crippen MR) is 79.1 cm³/mol.